The highest BCUT2D eigenvalue weighted by atomic mass is 35.5. The van der Waals surface area contributed by atoms with E-state index in [4.69, 9.17) is 42.4 Å². The van der Waals surface area contributed by atoms with E-state index in [0.29, 0.717) is 27.5 Å². The first-order valence-electron chi connectivity index (χ1n) is 10.7. The molecular formula is C25H23ClN4O7. The Morgan fingerprint density at radius 1 is 0.946 bits per heavy atom. The molecule has 3 rings (SSSR count). The predicted molar refractivity (Wildman–Crippen MR) is 137 cm³/mol. The predicted octanol–water partition coefficient (Wildman–Crippen LogP) is 3.42. The Bertz CT molecular complexity index is 1330. The molecule has 0 aliphatic carbocycles. The highest BCUT2D eigenvalue weighted by molar-refractivity contribution is 6.31. The van der Waals surface area contributed by atoms with Crippen molar-refractivity contribution in [2.75, 3.05) is 23.8 Å². The maximum absolute atomic E-state index is 13.0. The lowest BCUT2D eigenvalue weighted by Crippen LogP contribution is -2.16. The first-order chi connectivity index (χ1) is 17.6. The van der Waals surface area contributed by atoms with E-state index in [0.717, 1.165) is 0 Å². The second-order valence-corrected chi connectivity index (χ2v) is 8.03. The lowest BCUT2D eigenvalue weighted by atomic mass is 10.1. The van der Waals surface area contributed by atoms with E-state index in [9.17, 15) is 14.4 Å². The van der Waals surface area contributed by atoms with Gasteiger partial charge in [-0.2, -0.15) is 0 Å². The second kappa shape index (κ2) is 12.3. The van der Waals surface area contributed by atoms with Crippen LogP contribution in [0.1, 0.15) is 21.5 Å². The zero-order valence-corrected chi connectivity index (χ0v) is 20.0. The van der Waals surface area contributed by atoms with Gasteiger partial charge in [-0.3, -0.25) is 10.2 Å². The van der Waals surface area contributed by atoms with Crippen LogP contribution in [0, 0.1) is 5.41 Å². The fourth-order valence-electron chi connectivity index (χ4n) is 3.23. The molecule has 3 aromatic rings. The third-order valence-electron chi connectivity index (χ3n) is 4.90. The molecule has 0 atom stereocenters. The minimum absolute atomic E-state index is 0.0594. The average Bonchev–Trinajstić information content (AvgIpc) is 2.86. The van der Waals surface area contributed by atoms with Gasteiger partial charge in [0.15, 0.2) is 24.7 Å². The molecule has 0 unspecified atom stereocenters. The second-order valence-electron chi connectivity index (χ2n) is 7.60. The summed E-state index contributed by atoms with van der Waals surface area (Å²) in [6.45, 7) is -1.23. The Kier molecular flexibility index (Phi) is 8.90. The number of ether oxygens (including phenoxy) is 2. The van der Waals surface area contributed by atoms with Crippen molar-refractivity contribution in [2.24, 2.45) is 5.73 Å². The number of carbonyl (C=O) groups excluding carboxylic acids is 1. The molecule has 0 saturated heterocycles. The van der Waals surface area contributed by atoms with E-state index in [2.05, 4.69) is 10.6 Å². The van der Waals surface area contributed by atoms with Crippen LogP contribution < -0.4 is 25.8 Å². The standard InChI is InChI=1S/C25H23ClN4O7/c26-16-6-9-19(18(10-16)25(35)30-17-7-4-14(5-8-17)24(27)28)29-11-15-2-1-3-20(36-12-21(31)32)23(15)37-13-22(33)34/h1-10,29H,11-13H2,(H3,27,28)(H,30,35)(H,31,32)(H,33,34). The number of rotatable bonds is 12. The summed E-state index contributed by atoms with van der Waals surface area (Å²) in [6, 6.07) is 15.8. The number of nitrogens with one attached hydrogen (secondary N) is 3. The van der Waals surface area contributed by atoms with Crippen molar-refractivity contribution in [2.45, 2.75) is 6.54 Å². The molecule has 0 heterocycles. The smallest absolute Gasteiger partial charge is 0.341 e. The van der Waals surface area contributed by atoms with E-state index in [1.165, 1.54) is 12.1 Å². The Hall–Kier alpha value is -4.77. The molecule has 0 aliphatic rings. The van der Waals surface area contributed by atoms with Gasteiger partial charge in [-0.05, 0) is 48.5 Å². The number of aliphatic carboxylic acids is 2. The molecule has 1 amide bonds. The Morgan fingerprint density at radius 2 is 1.62 bits per heavy atom. The molecule has 0 saturated carbocycles. The van der Waals surface area contributed by atoms with Crippen LogP contribution in [0.15, 0.2) is 60.7 Å². The topological polar surface area (TPSA) is 184 Å². The van der Waals surface area contributed by atoms with Gasteiger partial charge in [0.1, 0.15) is 5.84 Å². The molecule has 192 valence electrons. The van der Waals surface area contributed by atoms with E-state index in [-0.39, 0.29) is 29.4 Å². The molecule has 0 aromatic heterocycles. The summed E-state index contributed by atoms with van der Waals surface area (Å²) in [5.41, 5.74) is 7.57. The van der Waals surface area contributed by atoms with Crippen LogP contribution >= 0.6 is 11.6 Å². The zero-order chi connectivity index (χ0) is 26.9. The summed E-state index contributed by atoms with van der Waals surface area (Å²) in [5.74, 6) is -2.86. The summed E-state index contributed by atoms with van der Waals surface area (Å²) < 4.78 is 10.6. The van der Waals surface area contributed by atoms with Crippen LogP contribution in [-0.4, -0.2) is 47.1 Å². The molecule has 0 fully saturated rings. The third-order valence-corrected chi connectivity index (χ3v) is 5.14. The van der Waals surface area contributed by atoms with Crippen LogP contribution in [0.25, 0.3) is 0 Å². The van der Waals surface area contributed by atoms with E-state index in [1.807, 2.05) is 0 Å². The quantitative estimate of drug-likeness (QED) is 0.152. The summed E-state index contributed by atoms with van der Waals surface area (Å²) >= 11 is 6.13. The van der Waals surface area contributed by atoms with Crippen molar-refractivity contribution in [3.05, 3.63) is 82.4 Å². The van der Waals surface area contributed by atoms with E-state index < -0.39 is 31.1 Å². The molecule has 0 aliphatic heterocycles. The molecule has 0 bridgehead atoms. The van der Waals surface area contributed by atoms with Crippen molar-refractivity contribution in [3.8, 4) is 11.5 Å². The van der Waals surface area contributed by atoms with Gasteiger partial charge < -0.3 is 36.1 Å². The summed E-state index contributed by atoms with van der Waals surface area (Å²) in [4.78, 5) is 35.0. The van der Waals surface area contributed by atoms with Gasteiger partial charge in [0.2, 0.25) is 0 Å². The van der Waals surface area contributed by atoms with Crippen molar-refractivity contribution in [1.82, 2.24) is 0 Å². The largest absolute Gasteiger partial charge is 0.479 e. The lowest BCUT2D eigenvalue weighted by Gasteiger charge is -2.17. The van der Waals surface area contributed by atoms with Crippen LogP contribution in [0.2, 0.25) is 5.02 Å². The number of nitrogens with two attached hydrogens (primary N) is 1. The van der Waals surface area contributed by atoms with Crippen molar-refractivity contribution < 1.29 is 34.1 Å². The molecule has 11 nitrogen and oxygen atoms in total. The monoisotopic (exact) mass is 526 g/mol. The minimum atomic E-state index is -1.22. The molecular weight excluding hydrogens is 504 g/mol. The highest BCUT2D eigenvalue weighted by Gasteiger charge is 2.17. The fraction of sp³-hybridized carbons (Fsp3) is 0.120. The Morgan fingerprint density at radius 3 is 2.27 bits per heavy atom. The van der Waals surface area contributed by atoms with Crippen LogP contribution in [0.4, 0.5) is 11.4 Å². The van der Waals surface area contributed by atoms with Gasteiger partial charge in [0.25, 0.3) is 5.91 Å². The van der Waals surface area contributed by atoms with E-state index in [1.54, 1.807) is 48.5 Å². The van der Waals surface area contributed by atoms with Crippen LogP contribution in [0.3, 0.4) is 0 Å². The highest BCUT2D eigenvalue weighted by Crippen LogP contribution is 2.33. The Labute approximate surface area is 216 Å². The Balaban J connectivity index is 1.83. The fourth-order valence-corrected chi connectivity index (χ4v) is 3.40. The number of halogens is 1. The SMILES string of the molecule is N=C(N)c1ccc(NC(=O)c2cc(Cl)ccc2NCc2cccc(OCC(=O)O)c2OCC(=O)O)cc1. The number of hydrogen-bond acceptors (Lipinski definition) is 7. The van der Waals surface area contributed by atoms with Gasteiger partial charge in [-0.25, -0.2) is 9.59 Å². The molecule has 3 aromatic carbocycles. The molecule has 0 spiro atoms. The van der Waals surface area contributed by atoms with Gasteiger partial charge >= 0.3 is 11.9 Å². The van der Waals surface area contributed by atoms with E-state index >= 15 is 0 Å². The number of amidine groups is 1. The molecule has 7 N–H and O–H groups in total. The van der Waals surface area contributed by atoms with Crippen molar-refractivity contribution >= 4 is 46.7 Å². The number of carbonyl (C=O) groups is 3. The number of hydrogen-bond donors (Lipinski definition) is 6. The number of nitrogen functional groups attached to an aromatic ring is 1. The zero-order valence-electron chi connectivity index (χ0n) is 19.3. The summed E-state index contributed by atoms with van der Waals surface area (Å²) in [6.07, 6.45) is 0. The van der Waals surface area contributed by atoms with Crippen molar-refractivity contribution in [3.63, 3.8) is 0 Å². The van der Waals surface area contributed by atoms with Gasteiger partial charge in [0, 0.05) is 34.1 Å². The van der Waals surface area contributed by atoms with Crippen LogP contribution in [-0.2, 0) is 16.1 Å². The first kappa shape index (κ1) is 26.8. The summed E-state index contributed by atoms with van der Waals surface area (Å²) in [5, 5.41) is 31.6. The lowest BCUT2D eigenvalue weighted by molar-refractivity contribution is -0.140. The number of benzene rings is 3. The third kappa shape index (κ3) is 7.61. The maximum atomic E-state index is 13.0. The molecule has 0 radical (unpaired) electrons. The van der Waals surface area contributed by atoms with Gasteiger partial charge in [0.05, 0.1) is 5.56 Å². The van der Waals surface area contributed by atoms with Crippen molar-refractivity contribution in [1.29, 1.82) is 5.41 Å². The molecule has 37 heavy (non-hydrogen) atoms. The number of anilines is 2. The number of carboxylic acid groups (broad SMARTS) is 2. The average molecular weight is 527 g/mol. The number of para-hydroxylation sites is 1. The van der Waals surface area contributed by atoms with Gasteiger partial charge in [-0.15, -0.1) is 0 Å². The number of amides is 1. The normalized spacial score (nSPS) is 10.3. The maximum Gasteiger partial charge on any atom is 0.341 e. The minimum Gasteiger partial charge on any atom is -0.479 e. The van der Waals surface area contributed by atoms with Gasteiger partial charge in [-0.1, -0.05) is 23.7 Å². The number of carboxylic acids is 2. The first-order valence-corrected chi connectivity index (χ1v) is 11.1. The summed E-state index contributed by atoms with van der Waals surface area (Å²) in [7, 11) is 0. The van der Waals surface area contributed by atoms with Crippen LogP contribution in [0.5, 0.6) is 11.5 Å². The molecule has 12 heteroatoms.